The van der Waals surface area contributed by atoms with Crippen molar-refractivity contribution in [3.63, 3.8) is 0 Å². The van der Waals surface area contributed by atoms with E-state index in [1.807, 2.05) is 0 Å². The Bertz CT molecular complexity index is 1770. The fourth-order valence-corrected chi connectivity index (χ4v) is 5.35. The molecule has 0 atom stereocenters. The summed E-state index contributed by atoms with van der Waals surface area (Å²) in [7, 11) is 1.43. The first-order valence-electron chi connectivity index (χ1n) is 10.9. The number of carbonyl (C=O) groups excluding carboxylic acids is 2. The topological polar surface area (TPSA) is 84.3 Å². The number of aromatic hydroxyl groups is 1. The molecule has 0 bridgehead atoms. The molecule has 0 amide bonds. The molecule has 2 aromatic heterocycles. The molecular formula is C27H15Cl5N2O4. The third-order valence-electron chi connectivity index (χ3n) is 6.02. The van der Waals surface area contributed by atoms with Gasteiger partial charge in [0.2, 0.25) is 11.6 Å². The number of aromatic amines is 1. The highest BCUT2D eigenvalue weighted by atomic mass is 35.5. The van der Waals surface area contributed by atoms with Crippen LogP contribution in [-0.4, -0.2) is 33.3 Å². The highest BCUT2D eigenvalue weighted by Crippen LogP contribution is 2.41. The maximum Gasteiger partial charge on any atom is 0.215 e. The van der Waals surface area contributed by atoms with Crippen LogP contribution in [0.1, 0.15) is 32.1 Å². The lowest BCUT2D eigenvalue weighted by Crippen LogP contribution is -2.13. The number of nitrogens with one attached hydrogen (secondary N) is 1. The number of fused-ring (bicyclic) bond motifs is 1. The molecule has 0 saturated carbocycles. The number of ketones is 2. The molecule has 3 aromatic carbocycles. The number of ether oxygens (including phenoxy) is 1. The smallest absolute Gasteiger partial charge is 0.215 e. The summed E-state index contributed by atoms with van der Waals surface area (Å²) in [6.45, 7) is 0. The number of halogens is 5. The van der Waals surface area contributed by atoms with Gasteiger partial charge in [-0.25, -0.2) is 0 Å². The fourth-order valence-electron chi connectivity index (χ4n) is 4.25. The van der Waals surface area contributed by atoms with E-state index in [4.69, 9.17) is 62.7 Å². The molecule has 5 rings (SSSR count). The van der Waals surface area contributed by atoms with E-state index in [2.05, 4.69) is 4.98 Å². The lowest BCUT2D eigenvalue weighted by atomic mass is 10.0. The zero-order chi connectivity index (χ0) is 27.3. The summed E-state index contributed by atoms with van der Waals surface area (Å²) < 4.78 is 6.54. The minimum atomic E-state index is -0.673. The molecule has 0 radical (unpaired) electrons. The molecular weight excluding hydrogens is 594 g/mol. The van der Waals surface area contributed by atoms with E-state index in [0.717, 1.165) is 0 Å². The van der Waals surface area contributed by atoms with Crippen LogP contribution in [0, 0.1) is 0 Å². The van der Waals surface area contributed by atoms with Gasteiger partial charge in [-0.3, -0.25) is 14.2 Å². The molecule has 0 aliphatic rings. The van der Waals surface area contributed by atoms with Crippen LogP contribution in [0.4, 0.5) is 0 Å². The van der Waals surface area contributed by atoms with Gasteiger partial charge in [0, 0.05) is 15.8 Å². The van der Waals surface area contributed by atoms with Gasteiger partial charge in [0.1, 0.15) is 32.5 Å². The van der Waals surface area contributed by atoms with E-state index in [0.29, 0.717) is 16.5 Å². The predicted octanol–water partition coefficient (Wildman–Crippen LogP) is 8.40. The number of H-pyrrole nitrogens is 1. The molecule has 2 heterocycles. The van der Waals surface area contributed by atoms with Crippen LogP contribution >= 0.6 is 58.0 Å². The molecule has 6 nitrogen and oxygen atoms in total. The number of benzene rings is 3. The summed E-state index contributed by atoms with van der Waals surface area (Å²) in [5, 5.41) is 12.0. The monoisotopic (exact) mass is 606 g/mol. The van der Waals surface area contributed by atoms with Crippen molar-refractivity contribution in [2.24, 2.45) is 0 Å². The second-order valence-electron chi connectivity index (χ2n) is 8.14. The van der Waals surface area contributed by atoms with E-state index in [9.17, 15) is 14.7 Å². The second-order valence-corrected chi connectivity index (χ2v) is 10.1. The lowest BCUT2D eigenvalue weighted by Gasteiger charge is -2.14. The number of methoxy groups -OCH3 is 1. The van der Waals surface area contributed by atoms with E-state index in [1.165, 1.54) is 23.8 Å². The maximum absolute atomic E-state index is 13.8. The Hall–Kier alpha value is -3.13. The number of phenols is 1. The maximum atomic E-state index is 13.8. The van der Waals surface area contributed by atoms with Crippen molar-refractivity contribution in [2.45, 2.75) is 0 Å². The summed E-state index contributed by atoms with van der Waals surface area (Å²) >= 11 is 32.2. The molecule has 0 unspecified atom stereocenters. The van der Waals surface area contributed by atoms with Crippen molar-refractivity contribution in [3.8, 4) is 17.2 Å². The largest absolute Gasteiger partial charge is 0.507 e. The average Bonchev–Trinajstić information content (AvgIpc) is 3.39. The number of para-hydroxylation sites is 1. The standard InChI is InChI=1S/C27H15Cl5N2O4/c1-38-19-9-5-4-8-14(19)25(37)21-22(20(30)26(31)33-21)34-18(11-17(29)27(34)32)24(36)15-10-16(28)12-6-2-3-7-13(12)23(15)35/h2-11,33,35H,1H3. The molecule has 0 saturated heterocycles. The highest BCUT2D eigenvalue weighted by Gasteiger charge is 2.31. The zero-order valence-electron chi connectivity index (χ0n) is 19.3. The minimum Gasteiger partial charge on any atom is -0.507 e. The first-order chi connectivity index (χ1) is 18.1. The van der Waals surface area contributed by atoms with Crippen LogP contribution < -0.4 is 4.74 Å². The third kappa shape index (κ3) is 4.23. The number of hydrogen-bond acceptors (Lipinski definition) is 4. The fraction of sp³-hybridized carbons (Fsp3) is 0.0370. The van der Waals surface area contributed by atoms with Crippen LogP contribution in [0.3, 0.4) is 0 Å². The number of nitrogens with zero attached hydrogens (tertiary/aromatic N) is 1. The van der Waals surface area contributed by atoms with Crippen molar-refractivity contribution in [1.82, 2.24) is 9.55 Å². The summed E-state index contributed by atoms with van der Waals surface area (Å²) in [4.78, 5) is 30.3. The van der Waals surface area contributed by atoms with Gasteiger partial charge >= 0.3 is 0 Å². The Kier molecular flexibility index (Phi) is 7.11. The molecule has 11 heteroatoms. The van der Waals surface area contributed by atoms with E-state index in [1.54, 1.807) is 48.5 Å². The van der Waals surface area contributed by atoms with Crippen molar-refractivity contribution >= 4 is 80.3 Å². The molecule has 0 fully saturated rings. The predicted molar refractivity (Wildman–Crippen MR) is 151 cm³/mol. The Morgan fingerprint density at radius 1 is 0.842 bits per heavy atom. The molecule has 0 aliphatic carbocycles. The van der Waals surface area contributed by atoms with E-state index < -0.39 is 11.6 Å². The SMILES string of the molecule is COc1ccccc1C(=O)c1[nH]c(Cl)c(Cl)c1-n1c(C(=O)c2cc(Cl)c3ccccc3c2O)cc(Cl)c1Cl. The van der Waals surface area contributed by atoms with Crippen molar-refractivity contribution in [1.29, 1.82) is 0 Å². The van der Waals surface area contributed by atoms with Crippen LogP contribution in [-0.2, 0) is 0 Å². The number of carbonyl (C=O) groups is 2. The Morgan fingerprint density at radius 3 is 2.21 bits per heavy atom. The Labute approximate surface area is 241 Å². The van der Waals surface area contributed by atoms with Gasteiger partial charge in [0.25, 0.3) is 0 Å². The summed E-state index contributed by atoms with van der Waals surface area (Å²) in [5.41, 5.74) is -0.0378. The van der Waals surface area contributed by atoms with Crippen LogP contribution in [0.2, 0.25) is 25.4 Å². The van der Waals surface area contributed by atoms with Gasteiger partial charge < -0.3 is 14.8 Å². The van der Waals surface area contributed by atoms with E-state index in [-0.39, 0.29) is 59.3 Å². The zero-order valence-corrected chi connectivity index (χ0v) is 23.1. The summed E-state index contributed by atoms with van der Waals surface area (Å²) in [6.07, 6.45) is 0. The summed E-state index contributed by atoms with van der Waals surface area (Å²) in [6, 6.07) is 16.1. The van der Waals surface area contributed by atoms with Crippen molar-refractivity contribution in [2.75, 3.05) is 7.11 Å². The van der Waals surface area contributed by atoms with Gasteiger partial charge in [0.05, 0.1) is 34.6 Å². The number of rotatable bonds is 6. The van der Waals surface area contributed by atoms with Gasteiger partial charge in [-0.15, -0.1) is 0 Å². The van der Waals surface area contributed by atoms with Crippen LogP contribution in [0.5, 0.6) is 11.5 Å². The highest BCUT2D eigenvalue weighted by molar-refractivity contribution is 6.45. The molecule has 0 spiro atoms. The van der Waals surface area contributed by atoms with Gasteiger partial charge in [-0.1, -0.05) is 94.4 Å². The molecule has 2 N–H and O–H groups in total. The van der Waals surface area contributed by atoms with Crippen LogP contribution in [0.25, 0.3) is 16.5 Å². The van der Waals surface area contributed by atoms with Crippen LogP contribution in [0.15, 0.2) is 60.7 Å². The Balaban J connectivity index is 1.74. The molecule has 192 valence electrons. The first-order valence-corrected chi connectivity index (χ1v) is 12.8. The Morgan fingerprint density at radius 2 is 1.50 bits per heavy atom. The lowest BCUT2D eigenvalue weighted by molar-refractivity contribution is 0.101. The second kappa shape index (κ2) is 10.2. The average molecular weight is 609 g/mol. The van der Waals surface area contributed by atoms with Gasteiger partial charge in [0.15, 0.2) is 0 Å². The quantitative estimate of drug-likeness (QED) is 0.190. The molecule has 5 aromatic rings. The third-order valence-corrected chi connectivity index (χ3v) is 7.83. The minimum absolute atomic E-state index is 0.000742. The van der Waals surface area contributed by atoms with E-state index >= 15 is 0 Å². The van der Waals surface area contributed by atoms with Gasteiger partial charge in [-0.2, -0.15) is 0 Å². The first kappa shape index (κ1) is 26.5. The van der Waals surface area contributed by atoms with Crippen molar-refractivity contribution < 1.29 is 19.4 Å². The molecule has 0 aliphatic heterocycles. The number of hydrogen-bond donors (Lipinski definition) is 2. The van der Waals surface area contributed by atoms with Crippen molar-refractivity contribution in [3.05, 3.63) is 109 Å². The van der Waals surface area contributed by atoms with Gasteiger partial charge in [-0.05, 0) is 24.3 Å². The summed E-state index contributed by atoms with van der Waals surface area (Å²) in [5.74, 6) is -1.16. The normalized spacial score (nSPS) is 11.2. The molecule has 38 heavy (non-hydrogen) atoms. The number of aromatic nitrogens is 2. The number of phenolic OH excluding ortho intramolecular Hbond substituents is 1.